The van der Waals surface area contributed by atoms with Crippen LogP contribution in [0.2, 0.25) is 0 Å². The molecular weight excluding hydrogens is 181 g/mol. The predicted molar refractivity (Wildman–Crippen MR) is 52.4 cm³/mol. The van der Waals surface area contributed by atoms with Gasteiger partial charge in [-0.15, -0.1) is 0 Å². The third kappa shape index (κ3) is 1.28. The van der Waals surface area contributed by atoms with E-state index in [4.69, 9.17) is 5.73 Å². The van der Waals surface area contributed by atoms with Crippen LogP contribution in [0, 0.1) is 5.82 Å². The van der Waals surface area contributed by atoms with Crippen LogP contribution in [0.4, 0.5) is 4.39 Å². The molecular formula is C10H12FN3. The second-order valence-electron chi connectivity index (χ2n) is 3.91. The lowest BCUT2D eigenvalue weighted by Gasteiger charge is -2.16. The molecule has 0 aliphatic heterocycles. The van der Waals surface area contributed by atoms with Gasteiger partial charge in [0.2, 0.25) is 0 Å². The van der Waals surface area contributed by atoms with Crippen LogP contribution in [0.3, 0.4) is 0 Å². The summed E-state index contributed by atoms with van der Waals surface area (Å²) in [6, 6.07) is 3.05. The third-order valence-electron chi connectivity index (χ3n) is 2.10. The molecule has 2 heterocycles. The summed E-state index contributed by atoms with van der Waals surface area (Å²) in [5.41, 5.74) is 5.80. The van der Waals surface area contributed by atoms with Gasteiger partial charge >= 0.3 is 0 Å². The van der Waals surface area contributed by atoms with Gasteiger partial charge < -0.3 is 5.73 Å². The van der Waals surface area contributed by atoms with Crippen LogP contribution in [0.5, 0.6) is 0 Å². The van der Waals surface area contributed by atoms with Crippen molar-refractivity contribution in [2.24, 2.45) is 5.73 Å². The summed E-state index contributed by atoms with van der Waals surface area (Å²) in [5.74, 6) is 0.377. The van der Waals surface area contributed by atoms with Crippen molar-refractivity contribution in [1.29, 1.82) is 0 Å². The highest BCUT2D eigenvalue weighted by atomic mass is 19.1. The van der Waals surface area contributed by atoms with Crippen molar-refractivity contribution >= 4 is 5.52 Å². The van der Waals surface area contributed by atoms with Crippen molar-refractivity contribution in [3.63, 3.8) is 0 Å². The van der Waals surface area contributed by atoms with Gasteiger partial charge in [0, 0.05) is 6.20 Å². The number of pyridine rings is 1. The summed E-state index contributed by atoms with van der Waals surface area (Å²) < 4.78 is 15.0. The van der Waals surface area contributed by atoms with Crippen molar-refractivity contribution in [3.05, 3.63) is 36.2 Å². The summed E-state index contributed by atoms with van der Waals surface area (Å²) >= 11 is 0. The standard InChI is InChI=1S/C10H12FN3/c1-10(2,12)9-13-6-8-7(11)4-3-5-14(8)9/h3-6H,12H2,1-2H3. The summed E-state index contributed by atoms with van der Waals surface area (Å²) in [4.78, 5) is 4.13. The van der Waals surface area contributed by atoms with E-state index in [1.54, 1.807) is 16.7 Å². The Morgan fingerprint density at radius 1 is 1.50 bits per heavy atom. The molecule has 74 valence electrons. The molecule has 4 heteroatoms. The van der Waals surface area contributed by atoms with Crippen molar-refractivity contribution < 1.29 is 4.39 Å². The van der Waals surface area contributed by atoms with E-state index in [1.165, 1.54) is 12.3 Å². The number of nitrogens with two attached hydrogens (primary N) is 1. The van der Waals surface area contributed by atoms with Gasteiger partial charge in [0.05, 0.1) is 11.7 Å². The Balaban J connectivity index is 2.76. The molecule has 2 aromatic heterocycles. The molecule has 0 fully saturated rings. The summed E-state index contributed by atoms with van der Waals surface area (Å²) in [6.45, 7) is 3.68. The van der Waals surface area contributed by atoms with Crippen LogP contribution in [0.15, 0.2) is 24.5 Å². The Bertz CT molecular complexity index is 468. The molecule has 0 unspecified atom stereocenters. The number of hydrogen-bond donors (Lipinski definition) is 1. The number of hydrogen-bond acceptors (Lipinski definition) is 2. The molecule has 0 bridgehead atoms. The van der Waals surface area contributed by atoms with Crippen molar-refractivity contribution in [1.82, 2.24) is 9.38 Å². The summed E-state index contributed by atoms with van der Waals surface area (Å²) in [7, 11) is 0. The minimum atomic E-state index is -0.569. The van der Waals surface area contributed by atoms with Gasteiger partial charge in [0.1, 0.15) is 17.2 Å². The van der Waals surface area contributed by atoms with Crippen LogP contribution >= 0.6 is 0 Å². The molecule has 0 aromatic carbocycles. The molecule has 0 atom stereocenters. The Morgan fingerprint density at radius 2 is 2.21 bits per heavy atom. The highest BCUT2D eigenvalue weighted by Crippen LogP contribution is 2.18. The zero-order valence-corrected chi connectivity index (χ0v) is 8.16. The quantitative estimate of drug-likeness (QED) is 0.748. The van der Waals surface area contributed by atoms with Crippen LogP contribution in [-0.2, 0) is 5.54 Å². The number of aromatic nitrogens is 2. The van der Waals surface area contributed by atoms with Gasteiger partial charge in [0.25, 0.3) is 0 Å². The fraction of sp³-hybridized carbons (Fsp3) is 0.300. The van der Waals surface area contributed by atoms with Crippen LogP contribution < -0.4 is 5.73 Å². The van der Waals surface area contributed by atoms with Gasteiger partial charge in [-0.25, -0.2) is 9.37 Å². The van der Waals surface area contributed by atoms with Crippen LogP contribution in [-0.4, -0.2) is 9.38 Å². The van der Waals surface area contributed by atoms with E-state index in [-0.39, 0.29) is 5.82 Å². The fourth-order valence-electron chi connectivity index (χ4n) is 1.46. The lowest BCUT2D eigenvalue weighted by molar-refractivity contribution is 0.510. The van der Waals surface area contributed by atoms with Gasteiger partial charge in [-0.3, -0.25) is 4.40 Å². The average Bonchev–Trinajstić information content (AvgIpc) is 2.47. The maximum atomic E-state index is 13.3. The monoisotopic (exact) mass is 193 g/mol. The zero-order chi connectivity index (χ0) is 10.3. The third-order valence-corrected chi connectivity index (χ3v) is 2.10. The lowest BCUT2D eigenvalue weighted by Crippen LogP contribution is -2.31. The maximum Gasteiger partial charge on any atom is 0.148 e. The minimum absolute atomic E-state index is 0.282. The van der Waals surface area contributed by atoms with E-state index >= 15 is 0 Å². The van der Waals surface area contributed by atoms with Crippen molar-refractivity contribution in [2.45, 2.75) is 19.4 Å². The molecule has 2 aromatic rings. The molecule has 3 nitrogen and oxygen atoms in total. The number of rotatable bonds is 1. The topological polar surface area (TPSA) is 43.3 Å². The number of fused-ring (bicyclic) bond motifs is 1. The molecule has 2 rings (SSSR count). The van der Waals surface area contributed by atoms with E-state index in [1.807, 2.05) is 13.8 Å². The van der Waals surface area contributed by atoms with Crippen LogP contribution in [0.1, 0.15) is 19.7 Å². The smallest absolute Gasteiger partial charge is 0.148 e. The largest absolute Gasteiger partial charge is 0.319 e. The molecule has 14 heavy (non-hydrogen) atoms. The summed E-state index contributed by atoms with van der Waals surface area (Å²) in [6.07, 6.45) is 3.26. The first-order valence-corrected chi connectivity index (χ1v) is 4.41. The zero-order valence-electron chi connectivity index (χ0n) is 8.16. The predicted octanol–water partition coefficient (Wildman–Crippen LogP) is 1.67. The number of imidazole rings is 1. The Kier molecular flexibility index (Phi) is 1.82. The molecule has 0 amide bonds. The molecule has 0 saturated heterocycles. The van der Waals surface area contributed by atoms with E-state index in [9.17, 15) is 4.39 Å². The molecule has 0 saturated carbocycles. The Labute approximate surface area is 81.4 Å². The minimum Gasteiger partial charge on any atom is -0.319 e. The van der Waals surface area contributed by atoms with Crippen molar-refractivity contribution in [3.8, 4) is 0 Å². The highest BCUT2D eigenvalue weighted by molar-refractivity contribution is 5.48. The summed E-state index contributed by atoms with van der Waals surface area (Å²) in [5, 5.41) is 0. The lowest BCUT2D eigenvalue weighted by atomic mass is 10.1. The maximum absolute atomic E-state index is 13.3. The van der Waals surface area contributed by atoms with Gasteiger partial charge in [-0.2, -0.15) is 0 Å². The van der Waals surface area contributed by atoms with Gasteiger partial charge in [0.15, 0.2) is 0 Å². The molecule has 0 aliphatic rings. The van der Waals surface area contributed by atoms with E-state index in [2.05, 4.69) is 4.98 Å². The molecule has 0 aliphatic carbocycles. The van der Waals surface area contributed by atoms with Crippen molar-refractivity contribution in [2.75, 3.05) is 0 Å². The van der Waals surface area contributed by atoms with Crippen LogP contribution in [0.25, 0.3) is 5.52 Å². The van der Waals surface area contributed by atoms with E-state index in [0.717, 1.165) is 0 Å². The molecule has 0 radical (unpaired) electrons. The second kappa shape index (κ2) is 2.78. The fourth-order valence-corrected chi connectivity index (χ4v) is 1.46. The highest BCUT2D eigenvalue weighted by Gasteiger charge is 2.20. The average molecular weight is 193 g/mol. The first-order valence-electron chi connectivity index (χ1n) is 4.41. The Hall–Kier alpha value is -1.42. The van der Waals surface area contributed by atoms with E-state index in [0.29, 0.717) is 11.3 Å². The molecule has 2 N–H and O–H groups in total. The number of nitrogens with zero attached hydrogens (tertiary/aromatic N) is 2. The second-order valence-corrected chi connectivity index (χ2v) is 3.91. The van der Waals surface area contributed by atoms with Gasteiger partial charge in [-0.05, 0) is 26.0 Å². The Morgan fingerprint density at radius 3 is 2.86 bits per heavy atom. The molecule has 0 spiro atoms. The number of halogens is 1. The van der Waals surface area contributed by atoms with E-state index < -0.39 is 5.54 Å². The normalized spacial score (nSPS) is 12.3. The first-order chi connectivity index (χ1) is 6.50. The SMILES string of the molecule is CC(C)(N)c1ncc2c(F)cccn12. The first kappa shape index (κ1) is 9.15. The van der Waals surface area contributed by atoms with Gasteiger partial charge in [-0.1, -0.05) is 0 Å².